The van der Waals surface area contributed by atoms with Crippen LogP contribution in [0, 0.1) is 0 Å². The van der Waals surface area contributed by atoms with Gasteiger partial charge in [0, 0.05) is 23.6 Å². The molecular weight excluding hydrogens is 354 g/mol. The predicted octanol–water partition coefficient (Wildman–Crippen LogP) is 2.84. The van der Waals surface area contributed by atoms with E-state index in [0.717, 1.165) is 11.0 Å². The van der Waals surface area contributed by atoms with Crippen LogP contribution in [-0.2, 0) is 22.5 Å². The lowest BCUT2D eigenvalue weighted by molar-refractivity contribution is -0.141. The molecule has 0 unspecified atom stereocenters. The van der Waals surface area contributed by atoms with E-state index in [2.05, 4.69) is 10.3 Å². The van der Waals surface area contributed by atoms with E-state index in [1.165, 1.54) is 7.11 Å². The molecule has 134 valence electrons. The number of aromatic nitrogens is 2. The van der Waals surface area contributed by atoms with E-state index >= 15 is 0 Å². The Balaban J connectivity index is 1.73. The largest absolute Gasteiger partial charge is 0.468 e. The van der Waals surface area contributed by atoms with Crippen LogP contribution in [0.4, 0.5) is 0 Å². The van der Waals surface area contributed by atoms with Crippen molar-refractivity contribution in [3.05, 3.63) is 64.9 Å². The summed E-state index contributed by atoms with van der Waals surface area (Å²) in [6.45, 7) is 0.463. The molecule has 3 rings (SSSR count). The Morgan fingerprint density at radius 2 is 2.00 bits per heavy atom. The zero-order valence-electron chi connectivity index (χ0n) is 14.2. The van der Waals surface area contributed by atoms with Crippen molar-refractivity contribution in [2.45, 2.75) is 13.0 Å². The number of imidazole rings is 1. The van der Waals surface area contributed by atoms with Gasteiger partial charge in [-0.15, -0.1) is 0 Å². The number of fused-ring (bicyclic) bond motifs is 1. The summed E-state index contributed by atoms with van der Waals surface area (Å²) >= 11 is 5.91. The summed E-state index contributed by atoms with van der Waals surface area (Å²) in [5.74, 6) is 0.156. The number of rotatable bonds is 6. The molecular formula is C19H18ClN3O3. The molecule has 0 fully saturated rings. The van der Waals surface area contributed by atoms with E-state index in [-0.39, 0.29) is 18.4 Å². The topological polar surface area (TPSA) is 73.2 Å². The average molecular weight is 372 g/mol. The van der Waals surface area contributed by atoms with Gasteiger partial charge in [-0.1, -0.05) is 29.8 Å². The number of nitrogens with one attached hydrogen (secondary N) is 1. The molecule has 1 amide bonds. The molecule has 3 aromatic rings. The third kappa shape index (κ3) is 4.03. The van der Waals surface area contributed by atoms with E-state index in [9.17, 15) is 9.59 Å². The van der Waals surface area contributed by atoms with E-state index in [4.69, 9.17) is 16.3 Å². The van der Waals surface area contributed by atoms with Crippen molar-refractivity contribution in [3.8, 4) is 0 Å². The normalized spacial score (nSPS) is 10.7. The number of esters is 1. The summed E-state index contributed by atoms with van der Waals surface area (Å²) in [7, 11) is 1.35. The van der Waals surface area contributed by atoms with Gasteiger partial charge in [0.15, 0.2) is 0 Å². The molecule has 0 spiro atoms. The SMILES string of the molecule is COC(=O)Cn1c(CCNC(=O)c2cccc(Cl)c2)nc2ccccc21. The second-order valence-electron chi connectivity index (χ2n) is 5.70. The highest BCUT2D eigenvalue weighted by molar-refractivity contribution is 6.30. The molecule has 0 aliphatic carbocycles. The van der Waals surface area contributed by atoms with Crippen LogP contribution >= 0.6 is 11.6 Å². The third-order valence-electron chi connectivity index (χ3n) is 3.97. The molecule has 0 bridgehead atoms. The third-order valence-corrected chi connectivity index (χ3v) is 4.20. The van der Waals surface area contributed by atoms with Gasteiger partial charge in [0.2, 0.25) is 0 Å². The molecule has 2 aromatic carbocycles. The highest BCUT2D eigenvalue weighted by Gasteiger charge is 2.14. The Bertz CT molecular complexity index is 952. The van der Waals surface area contributed by atoms with Crippen molar-refractivity contribution in [1.29, 1.82) is 0 Å². The lowest BCUT2D eigenvalue weighted by Crippen LogP contribution is -2.26. The summed E-state index contributed by atoms with van der Waals surface area (Å²) in [5, 5.41) is 3.36. The Morgan fingerprint density at radius 1 is 1.19 bits per heavy atom. The maximum atomic E-state index is 12.2. The number of ether oxygens (including phenoxy) is 1. The quantitative estimate of drug-likeness (QED) is 0.676. The molecule has 1 aromatic heterocycles. The zero-order chi connectivity index (χ0) is 18.5. The van der Waals surface area contributed by atoms with Crippen molar-refractivity contribution >= 4 is 34.5 Å². The van der Waals surface area contributed by atoms with Crippen molar-refractivity contribution < 1.29 is 14.3 Å². The maximum Gasteiger partial charge on any atom is 0.325 e. The minimum atomic E-state index is -0.350. The van der Waals surface area contributed by atoms with Crippen molar-refractivity contribution in [2.75, 3.05) is 13.7 Å². The average Bonchev–Trinajstić information content (AvgIpc) is 2.99. The first-order valence-electron chi connectivity index (χ1n) is 8.13. The summed E-state index contributed by atoms with van der Waals surface area (Å²) in [5.41, 5.74) is 2.15. The fraction of sp³-hybridized carbons (Fsp3) is 0.211. The fourth-order valence-electron chi connectivity index (χ4n) is 2.71. The molecule has 1 heterocycles. The second-order valence-corrected chi connectivity index (χ2v) is 6.13. The summed E-state index contributed by atoms with van der Waals surface area (Å²) in [4.78, 5) is 28.5. The standard InChI is InChI=1S/C19H18ClN3O3/c1-26-18(24)12-23-16-8-3-2-7-15(16)22-17(23)9-10-21-19(25)13-5-4-6-14(20)11-13/h2-8,11H,9-10,12H2,1H3,(H,21,25). The van der Waals surface area contributed by atoms with Crippen LogP contribution in [0.15, 0.2) is 48.5 Å². The first-order chi connectivity index (χ1) is 12.6. The van der Waals surface area contributed by atoms with Gasteiger partial charge in [0.1, 0.15) is 12.4 Å². The number of hydrogen-bond acceptors (Lipinski definition) is 4. The Kier molecular flexibility index (Phi) is 5.53. The zero-order valence-corrected chi connectivity index (χ0v) is 15.0. The smallest absolute Gasteiger partial charge is 0.325 e. The van der Waals surface area contributed by atoms with Gasteiger partial charge >= 0.3 is 5.97 Å². The van der Waals surface area contributed by atoms with E-state index in [1.807, 2.05) is 28.8 Å². The van der Waals surface area contributed by atoms with Crippen molar-refractivity contribution in [1.82, 2.24) is 14.9 Å². The molecule has 6 nitrogen and oxygen atoms in total. The summed E-state index contributed by atoms with van der Waals surface area (Å²) < 4.78 is 6.58. The predicted molar refractivity (Wildman–Crippen MR) is 99.2 cm³/mol. The molecule has 0 atom stereocenters. The number of nitrogens with zero attached hydrogens (tertiary/aromatic N) is 2. The number of methoxy groups -OCH3 is 1. The number of para-hydroxylation sites is 2. The van der Waals surface area contributed by atoms with Crippen LogP contribution in [0.3, 0.4) is 0 Å². The first-order valence-corrected chi connectivity index (χ1v) is 8.51. The fourth-order valence-corrected chi connectivity index (χ4v) is 2.90. The maximum absolute atomic E-state index is 12.2. The highest BCUT2D eigenvalue weighted by atomic mass is 35.5. The second kappa shape index (κ2) is 8.01. The molecule has 0 aliphatic rings. The molecule has 7 heteroatoms. The van der Waals surface area contributed by atoms with Crippen LogP contribution in [0.2, 0.25) is 5.02 Å². The minimum Gasteiger partial charge on any atom is -0.468 e. The first kappa shape index (κ1) is 17.9. The number of carbonyl (C=O) groups excluding carboxylic acids is 2. The van der Waals surface area contributed by atoms with Gasteiger partial charge in [-0.3, -0.25) is 9.59 Å². The molecule has 26 heavy (non-hydrogen) atoms. The van der Waals surface area contributed by atoms with E-state index < -0.39 is 0 Å². The van der Waals surface area contributed by atoms with Gasteiger partial charge in [0.05, 0.1) is 18.1 Å². The van der Waals surface area contributed by atoms with Gasteiger partial charge in [0.25, 0.3) is 5.91 Å². The number of carbonyl (C=O) groups is 2. The lowest BCUT2D eigenvalue weighted by atomic mass is 10.2. The van der Waals surface area contributed by atoms with Crippen LogP contribution < -0.4 is 5.32 Å². The molecule has 0 saturated carbocycles. The van der Waals surface area contributed by atoms with E-state index in [0.29, 0.717) is 29.4 Å². The van der Waals surface area contributed by atoms with Crippen LogP contribution in [0.5, 0.6) is 0 Å². The van der Waals surface area contributed by atoms with Crippen LogP contribution in [0.1, 0.15) is 16.2 Å². The molecule has 1 N–H and O–H groups in total. The van der Waals surface area contributed by atoms with Gasteiger partial charge in [-0.05, 0) is 30.3 Å². The van der Waals surface area contributed by atoms with E-state index in [1.54, 1.807) is 24.3 Å². The number of benzene rings is 2. The number of halogens is 1. The Morgan fingerprint density at radius 3 is 2.77 bits per heavy atom. The highest BCUT2D eigenvalue weighted by Crippen LogP contribution is 2.16. The van der Waals surface area contributed by atoms with Crippen molar-refractivity contribution in [3.63, 3.8) is 0 Å². The Hall–Kier alpha value is -2.86. The molecule has 0 aliphatic heterocycles. The minimum absolute atomic E-state index is 0.0780. The Labute approximate surface area is 155 Å². The lowest BCUT2D eigenvalue weighted by Gasteiger charge is -2.09. The molecule has 0 saturated heterocycles. The van der Waals surface area contributed by atoms with Crippen molar-refractivity contribution in [2.24, 2.45) is 0 Å². The number of hydrogen-bond donors (Lipinski definition) is 1. The molecule has 0 radical (unpaired) electrons. The van der Waals surface area contributed by atoms with Gasteiger partial charge < -0.3 is 14.6 Å². The van der Waals surface area contributed by atoms with Gasteiger partial charge in [-0.25, -0.2) is 4.98 Å². The van der Waals surface area contributed by atoms with Gasteiger partial charge in [-0.2, -0.15) is 0 Å². The summed E-state index contributed by atoms with van der Waals surface area (Å²) in [6.07, 6.45) is 0.484. The van der Waals surface area contributed by atoms with Crippen LogP contribution in [-0.4, -0.2) is 35.1 Å². The van der Waals surface area contributed by atoms with Crippen LogP contribution in [0.25, 0.3) is 11.0 Å². The monoisotopic (exact) mass is 371 g/mol. The number of amides is 1. The summed E-state index contributed by atoms with van der Waals surface area (Å²) in [6, 6.07) is 14.3.